The number of nitrogens with two attached hydrogens (primary N) is 1. The molecule has 104 valence electrons. The predicted molar refractivity (Wildman–Crippen MR) is 73.3 cm³/mol. The minimum atomic E-state index is -0.519. The summed E-state index contributed by atoms with van der Waals surface area (Å²) in [6, 6.07) is 10.4. The molecule has 20 heavy (non-hydrogen) atoms. The van der Waals surface area contributed by atoms with Gasteiger partial charge in [0.2, 0.25) is 0 Å². The van der Waals surface area contributed by atoms with E-state index >= 15 is 0 Å². The topological polar surface area (TPSA) is 61.5 Å². The van der Waals surface area contributed by atoms with Crippen LogP contribution < -0.4 is 10.5 Å². The number of benzene rings is 2. The van der Waals surface area contributed by atoms with Gasteiger partial charge >= 0.3 is 5.97 Å². The molecular formula is C15H14FNO3. The molecule has 0 unspecified atom stereocenters. The van der Waals surface area contributed by atoms with Gasteiger partial charge in [-0.25, -0.2) is 9.18 Å². The van der Waals surface area contributed by atoms with Crippen molar-refractivity contribution < 1.29 is 18.7 Å². The molecule has 0 amide bonds. The van der Waals surface area contributed by atoms with Gasteiger partial charge in [-0.05, 0) is 31.2 Å². The molecule has 0 aliphatic carbocycles. The van der Waals surface area contributed by atoms with Crippen molar-refractivity contribution in [2.45, 2.75) is 6.92 Å². The Hall–Kier alpha value is -2.56. The third-order valence-corrected chi connectivity index (χ3v) is 2.59. The second-order valence-electron chi connectivity index (χ2n) is 4.00. The van der Waals surface area contributed by atoms with Crippen molar-refractivity contribution in [2.24, 2.45) is 0 Å². The summed E-state index contributed by atoms with van der Waals surface area (Å²) in [5.74, 6) is -0.351. The fourth-order valence-electron chi connectivity index (χ4n) is 1.68. The van der Waals surface area contributed by atoms with Crippen molar-refractivity contribution in [1.29, 1.82) is 0 Å². The lowest BCUT2D eigenvalue weighted by molar-refractivity contribution is 0.0527. The molecule has 5 heteroatoms. The van der Waals surface area contributed by atoms with E-state index in [1.54, 1.807) is 31.2 Å². The lowest BCUT2D eigenvalue weighted by Crippen LogP contribution is -2.08. The van der Waals surface area contributed by atoms with E-state index in [-0.39, 0.29) is 23.6 Å². The van der Waals surface area contributed by atoms with Gasteiger partial charge in [0.05, 0.1) is 17.9 Å². The normalized spacial score (nSPS) is 10.1. The third-order valence-electron chi connectivity index (χ3n) is 2.59. The Morgan fingerprint density at radius 2 is 2.00 bits per heavy atom. The first kappa shape index (κ1) is 13.9. The Labute approximate surface area is 115 Å². The van der Waals surface area contributed by atoms with E-state index in [0.717, 1.165) is 0 Å². The highest BCUT2D eigenvalue weighted by atomic mass is 19.1. The molecule has 0 heterocycles. The molecular weight excluding hydrogens is 261 g/mol. The van der Waals surface area contributed by atoms with Crippen molar-refractivity contribution in [2.75, 3.05) is 12.3 Å². The summed E-state index contributed by atoms with van der Waals surface area (Å²) in [6.45, 7) is 1.97. The van der Waals surface area contributed by atoms with Crippen LogP contribution in [0.1, 0.15) is 17.3 Å². The number of carbonyl (C=O) groups is 1. The first-order chi connectivity index (χ1) is 9.61. The van der Waals surface area contributed by atoms with E-state index in [4.69, 9.17) is 15.2 Å². The number of anilines is 1. The number of hydrogen-bond donors (Lipinski definition) is 1. The number of halogens is 1. The van der Waals surface area contributed by atoms with E-state index in [9.17, 15) is 9.18 Å². The first-order valence-electron chi connectivity index (χ1n) is 6.11. The summed E-state index contributed by atoms with van der Waals surface area (Å²) in [6.07, 6.45) is 0. The van der Waals surface area contributed by atoms with Crippen LogP contribution in [-0.2, 0) is 4.74 Å². The van der Waals surface area contributed by atoms with Crippen LogP contribution in [-0.4, -0.2) is 12.6 Å². The summed E-state index contributed by atoms with van der Waals surface area (Å²) in [7, 11) is 0. The molecule has 2 N–H and O–H groups in total. The number of hydrogen-bond acceptors (Lipinski definition) is 4. The highest BCUT2D eigenvalue weighted by molar-refractivity contribution is 5.96. The van der Waals surface area contributed by atoms with Crippen LogP contribution >= 0.6 is 0 Å². The molecule has 0 fully saturated rings. The van der Waals surface area contributed by atoms with Crippen LogP contribution in [0.5, 0.6) is 11.5 Å². The zero-order valence-corrected chi connectivity index (χ0v) is 10.9. The molecule has 2 rings (SSSR count). The highest BCUT2D eigenvalue weighted by Gasteiger charge is 2.14. The van der Waals surface area contributed by atoms with Crippen molar-refractivity contribution >= 4 is 11.7 Å². The molecule has 0 aliphatic rings. The number of nitrogen functional groups attached to an aromatic ring is 1. The van der Waals surface area contributed by atoms with Crippen LogP contribution in [0.15, 0.2) is 42.5 Å². The molecule has 0 saturated carbocycles. The lowest BCUT2D eigenvalue weighted by atomic mass is 10.1. The molecule has 2 aromatic carbocycles. The van der Waals surface area contributed by atoms with Crippen molar-refractivity contribution in [1.82, 2.24) is 0 Å². The Bertz CT molecular complexity index is 628. The minimum absolute atomic E-state index is 0.162. The van der Waals surface area contributed by atoms with E-state index in [1.165, 1.54) is 18.2 Å². The zero-order chi connectivity index (χ0) is 14.5. The van der Waals surface area contributed by atoms with Gasteiger partial charge in [-0.1, -0.05) is 12.1 Å². The second kappa shape index (κ2) is 6.06. The van der Waals surface area contributed by atoms with Crippen LogP contribution in [0.3, 0.4) is 0 Å². The second-order valence-corrected chi connectivity index (χ2v) is 4.00. The maximum Gasteiger partial charge on any atom is 0.340 e. The lowest BCUT2D eigenvalue weighted by Gasteiger charge is -2.11. The van der Waals surface area contributed by atoms with E-state index in [0.29, 0.717) is 5.75 Å². The summed E-state index contributed by atoms with van der Waals surface area (Å²) >= 11 is 0. The van der Waals surface area contributed by atoms with Crippen molar-refractivity contribution in [3.8, 4) is 11.5 Å². The molecule has 0 aliphatic heterocycles. The van der Waals surface area contributed by atoms with Gasteiger partial charge < -0.3 is 15.2 Å². The smallest absolute Gasteiger partial charge is 0.340 e. The number of rotatable bonds is 4. The Morgan fingerprint density at radius 1 is 1.25 bits per heavy atom. The Kier molecular flexibility index (Phi) is 4.20. The van der Waals surface area contributed by atoms with Crippen LogP contribution in [0.25, 0.3) is 0 Å². The van der Waals surface area contributed by atoms with Gasteiger partial charge in [0.15, 0.2) is 5.75 Å². The number of esters is 1. The zero-order valence-electron chi connectivity index (χ0n) is 10.9. The molecule has 0 saturated heterocycles. The average molecular weight is 275 g/mol. The molecule has 2 aromatic rings. The van der Waals surface area contributed by atoms with Gasteiger partial charge in [-0.2, -0.15) is 0 Å². The molecule has 0 aromatic heterocycles. The SMILES string of the molecule is CCOC(=O)c1cccc(Oc2cccc(F)c2)c1N. The Balaban J connectivity index is 2.29. The fourth-order valence-corrected chi connectivity index (χ4v) is 1.68. The standard InChI is InChI=1S/C15H14FNO3/c1-2-19-15(18)12-7-4-8-13(14(12)17)20-11-6-3-5-10(16)9-11/h3-9H,2,17H2,1H3. The van der Waals surface area contributed by atoms with E-state index in [2.05, 4.69) is 0 Å². The Morgan fingerprint density at radius 3 is 2.70 bits per heavy atom. The largest absolute Gasteiger partial charge is 0.462 e. The monoisotopic (exact) mass is 275 g/mol. The maximum absolute atomic E-state index is 13.1. The molecule has 4 nitrogen and oxygen atoms in total. The quantitative estimate of drug-likeness (QED) is 0.686. The maximum atomic E-state index is 13.1. The summed E-state index contributed by atoms with van der Waals surface area (Å²) in [4.78, 5) is 11.7. The molecule has 0 radical (unpaired) electrons. The van der Waals surface area contributed by atoms with E-state index in [1.807, 2.05) is 0 Å². The van der Waals surface area contributed by atoms with E-state index < -0.39 is 11.8 Å². The van der Waals surface area contributed by atoms with Crippen LogP contribution in [0.4, 0.5) is 10.1 Å². The molecule has 0 bridgehead atoms. The number of carbonyl (C=O) groups excluding carboxylic acids is 1. The summed E-state index contributed by atoms with van der Waals surface area (Å²) in [5, 5.41) is 0. The first-order valence-corrected chi connectivity index (χ1v) is 6.11. The van der Waals surface area contributed by atoms with Crippen LogP contribution in [0.2, 0.25) is 0 Å². The van der Waals surface area contributed by atoms with Crippen LogP contribution in [0, 0.1) is 5.82 Å². The predicted octanol–water partition coefficient (Wildman–Crippen LogP) is 3.38. The van der Waals surface area contributed by atoms with Gasteiger partial charge in [-0.15, -0.1) is 0 Å². The fraction of sp³-hybridized carbons (Fsp3) is 0.133. The van der Waals surface area contributed by atoms with Gasteiger partial charge in [0.1, 0.15) is 11.6 Å². The number of para-hydroxylation sites is 1. The number of ether oxygens (including phenoxy) is 2. The molecule has 0 atom stereocenters. The summed E-state index contributed by atoms with van der Waals surface area (Å²) < 4.78 is 23.5. The van der Waals surface area contributed by atoms with Gasteiger partial charge in [0, 0.05) is 6.07 Å². The third kappa shape index (κ3) is 3.06. The summed E-state index contributed by atoms with van der Waals surface area (Å²) in [5.41, 5.74) is 6.27. The van der Waals surface area contributed by atoms with Crippen molar-refractivity contribution in [3.63, 3.8) is 0 Å². The van der Waals surface area contributed by atoms with Gasteiger partial charge in [0.25, 0.3) is 0 Å². The molecule has 0 spiro atoms. The minimum Gasteiger partial charge on any atom is -0.462 e. The van der Waals surface area contributed by atoms with Gasteiger partial charge in [-0.3, -0.25) is 0 Å². The highest BCUT2D eigenvalue weighted by Crippen LogP contribution is 2.30. The van der Waals surface area contributed by atoms with Crippen molar-refractivity contribution in [3.05, 3.63) is 53.8 Å². The average Bonchev–Trinajstić information content (AvgIpc) is 2.41.